The normalized spacial score (nSPS) is 22.1. The highest BCUT2D eigenvalue weighted by Gasteiger charge is 2.40. The number of ether oxygens (including phenoxy) is 1. The highest BCUT2D eigenvalue weighted by atomic mass is 19.4. The maximum atomic E-state index is 15.2. The van der Waals surface area contributed by atoms with Crippen molar-refractivity contribution in [2.24, 2.45) is 0 Å². The molecule has 0 aliphatic carbocycles. The Labute approximate surface area is 249 Å². The Morgan fingerprint density at radius 1 is 1.19 bits per heavy atom. The Morgan fingerprint density at radius 3 is 2.64 bits per heavy atom. The molecule has 2 aromatic rings. The van der Waals surface area contributed by atoms with Gasteiger partial charge in [-0.3, -0.25) is 9.69 Å². The van der Waals surface area contributed by atoms with Crippen LogP contribution in [0.5, 0.6) is 5.75 Å². The first kappa shape index (κ1) is 27.2. The van der Waals surface area contributed by atoms with Crippen molar-refractivity contribution >= 4 is 23.0 Å². The van der Waals surface area contributed by atoms with Crippen molar-refractivity contribution in [3.63, 3.8) is 0 Å². The summed E-state index contributed by atoms with van der Waals surface area (Å²) >= 11 is 0. The maximum absolute atomic E-state index is 15.2. The Morgan fingerprint density at radius 2 is 1.98 bits per heavy atom. The number of hydrogen-bond donors (Lipinski definition) is 3. The van der Waals surface area contributed by atoms with Crippen LogP contribution in [0.1, 0.15) is 47.2 Å². The lowest BCUT2D eigenvalue weighted by Crippen LogP contribution is -2.54. The number of anilines is 3. The molecule has 2 aliphatic rings. The largest absolute Gasteiger partial charge is 0.495 e. The van der Waals surface area contributed by atoms with Gasteiger partial charge in [0.15, 0.2) is 0 Å². The van der Waals surface area contributed by atoms with Crippen LogP contribution in [0.3, 0.4) is 0 Å². The van der Waals surface area contributed by atoms with E-state index in [2.05, 4.69) is 32.7 Å². The van der Waals surface area contributed by atoms with Crippen molar-refractivity contribution < 1.29 is 31.2 Å². The van der Waals surface area contributed by atoms with Gasteiger partial charge in [-0.1, -0.05) is 17.9 Å². The third kappa shape index (κ3) is 7.40. The average Bonchev–Trinajstić information content (AvgIpc) is 3.27. The van der Waals surface area contributed by atoms with Crippen molar-refractivity contribution in [2.75, 3.05) is 55.8 Å². The number of nitrogens with zero attached hydrogens (tertiary/aromatic N) is 2. The number of piperidine rings is 1. The molecule has 0 spiro atoms. The molecule has 2 aromatic carbocycles. The second kappa shape index (κ2) is 12.7. The fraction of sp³-hybridized carbons (Fsp3) is 0.516. The van der Waals surface area contributed by atoms with Gasteiger partial charge in [-0.05, 0) is 57.5 Å². The van der Waals surface area contributed by atoms with Gasteiger partial charge in [0.2, 0.25) is 0 Å². The number of nitrogens with one attached hydrogen (secondary N) is 3. The second-order valence-corrected chi connectivity index (χ2v) is 11.5. The van der Waals surface area contributed by atoms with E-state index in [0.717, 1.165) is 0 Å². The van der Waals surface area contributed by atoms with Crippen LogP contribution in [-0.4, -0.2) is 81.0 Å². The van der Waals surface area contributed by atoms with E-state index in [-0.39, 0.29) is 42.0 Å². The van der Waals surface area contributed by atoms with Crippen LogP contribution in [0.25, 0.3) is 0 Å². The monoisotopic (exact) mass is 592 g/mol. The lowest BCUT2D eigenvalue weighted by Gasteiger charge is -2.43. The zero-order chi connectivity index (χ0) is 33.2. The zero-order valence-electron chi connectivity index (χ0n) is 27.2. The number of halogens is 4. The van der Waals surface area contributed by atoms with E-state index in [1.54, 1.807) is 18.2 Å². The lowest BCUT2D eigenvalue weighted by molar-refractivity contribution is -0.120. The number of hydrogen-bond acceptors (Lipinski definition) is 6. The van der Waals surface area contributed by atoms with Crippen molar-refractivity contribution in [1.29, 1.82) is 0 Å². The molecule has 1 amide bonds. The maximum Gasteiger partial charge on any atom is 0.405 e. The molecule has 4 rings (SSSR count). The highest BCUT2D eigenvalue weighted by molar-refractivity contribution is 5.95. The van der Waals surface area contributed by atoms with Crippen LogP contribution in [0.4, 0.5) is 34.6 Å². The third-order valence-electron chi connectivity index (χ3n) is 7.63. The van der Waals surface area contributed by atoms with Crippen molar-refractivity contribution in [3.8, 4) is 17.6 Å². The van der Waals surface area contributed by atoms with Gasteiger partial charge in [-0.15, -0.1) is 0 Å². The van der Waals surface area contributed by atoms with E-state index in [1.807, 2.05) is 20.8 Å². The van der Waals surface area contributed by atoms with Crippen LogP contribution >= 0.6 is 0 Å². The minimum Gasteiger partial charge on any atom is -0.495 e. The van der Waals surface area contributed by atoms with E-state index in [1.165, 1.54) is 30.1 Å². The number of carbonyl (C=O) groups is 1. The van der Waals surface area contributed by atoms with E-state index in [0.29, 0.717) is 29.9 Å². The number of rotatable bonds is 7. The van der Waals surface area contributed by atoms with Crippen LogP contribution in [-0.2, 0) is 6.42 Å². The van der Waals surface area contributed by atoms with Crippen molar-refractivity contribution in [1.82, 2.24) is 10.2 Å². The van der Waals surface area contributed by atoms with E-state index < -0.39 is 43.9 Å². The standard InChI is InChI=1S/C31H39F4N5O2/c1-30(2,3)39-15-13-25(23(32)18-39)38-24-9-6-10-27-22(24)17-21(40(27)19-31(33,34)35)8-7-14-37-26-12-11-20(29(41)36-4)16-28(26)42-5/h6,9-12,16,21,23,25,37-38H,13-15,17-19H2,1-5H3,(H,36,41)/t21?,23-,25+/m0/s1/i5D3. The first-order valence-electron chi connectivity index (χ1n) is 15.3. The molecule has 0 radical (unpaired) electrons. The molecule has 2 heterocycles. The summed E-state index contributed by atoms with van der Waals surface area (Å²) in [6.07, 6.45) is -4.87. The first-order chi connectivity index (χ1) is 20.9. The number of alkyl halides is 4. The number of likely N-dealkylation sites (tertiary alicyclic amines) is 1. The summed E-state index contributed by atoms with van der Waals surface area (Å²) < 4.78 is 83.7. The topological polar surface area (TPSA) is 68.9 Å². The lowest BCUT2D eigenvalue weighted by atomic mass is 9.96. The fourth-order valence-corrected chi connectivity index (χ4v) is 5.41. The van der Waals surface area contributed by atoms with Crippen molar-refractivity contribution in [3.05, 3.63) is 47.5 Å². The van der Waals surface area contributed by atoms with E-state index >= 15 is 4.39 Å². The summed E-state index contributed by atoms with van der Waals surface area (Å²) in [5.41, 5.74) is 1.91. The molecule has 11 heteroatoms. The van der Waals surface area contributed by atoms with Gasteiger partial charge in [-0.2, -0.15) is 13.2 Å². The first-order valence-corrected chi connectivity index (χ1v) is 13.8. The molecule has 0 aromatic heterocycles. The van der Waals surface area contributed by atoms with E-state index in [9.17, 15) is 18.0 Å². The smallest absolute Gasteiger partial charge is 0.405 e. The summed E-state index contributed by atoms with van der Waals surface area (Å²) in [5.74, 6) is 5.26. The van der Waals surface area contributed by atoms with Gasteiger partial charge in [0.25, 0.3) is 5.91 Å². The molecule has 7 nitrogen and oxygen atoms in total. The summed E-state index contributed by atoms with van der Waals surface area (Å²) in [6.45, 7) is 5.84. The molecule has 1 fully saturated rings. The minimum absolute atomic E-state index is 0.0373. The molecule has 2 aliphatic heterocycles. The fourth-order valence-electron chi connectivity index (χ4n) is 5.41. The zero-order valence-corrected chi connectivity index (χ0v) is 24.2. The predicted molar refractivity (Wildman–Crippen MR) is 158 cm³/mol. The van der Waals surface area contributed by atoms with Gasteiger partial charge in [0.1, 0.15) is 18.5 Å². The van der Waals surface area contributed by atoms with Crippen LogP contribution in [0.15, 0.2) is 36.4 Å². The van der Waals surface area contributed by atoms with Gasteiger partial charge in [0.05, 0.1) is 35.5 Å². The Bertz CT molecular complexity index is 1440. The number of amides is 1. The molecular weight excluding hydrogens is 550 g/mol. The number of benzene rings is 2. The minimum atomic E-state index is -4.49. The third-order valence-corrected chi connectivity index (χ3v) is 7.63. The Balaban J connectivity index is 1.52. The molecule has 1 unspecified atom stereocenters. The second-order valence-electron chi connectivity index (χ2n) is 11.5. The average molecular weight is 593 g/mol. The molecule has 42 heavy (non-hydrogen) atoms. The highest BCUT2D eigenvalue weighted by Crippen LogP contribution is 2.39. The molecule has 1 saturated heterocycles. The SMILES string of the molecule is [2H]C([2H])([2H])Oc1cc(C(=O)NC)ccc1NCC#CC1Cc2c(N[C@@H]3CCN(C(C)(C)C)C[C@@H]3F)cccc2N1CC(F)(F)F. The summed E-state index contributed by atoms with van der Waals surface area (Å²) in [4.78, 5) is 15.3. The van der Waals surface area contributed by atoms with E-state index in [4.69, 9.17) is 8.85 Å². The molecular formula is C31H39F4N5O2. The molecule has 0 saturated carbocycles. The molecule has 3 N–H and O–H groups in total. The quantitative estimate of drug-likeness (QED) is 0.308. The van der Waals surface area contributed by atoms with Gasteiger partial charge >= 0.3 is 6.18 Å². The Kier molecular flexibility index (Phi) is 8.22. The van der Waals surface area contributed by atoms with Crippen LogP contribution in [0.2, 0.25) is 0 Å². The molecule has 0 bridgehead atoms. The Hall–Kier alpha value is -3.65. The van der Waals surface area contributed by atoms with Crippen LogP contribution in [0, 0.1) is 11.8 Å². The van der Waals surface area contributed by atoms with Crippen molar-refractivity contribution in [2.45, 2.75) is 63.6 Å². The molecule has 3 atom stereocenters. The van der Waals surface area contributed by atoms with Gasteiger partial charge < -0.3 is 25.6 Å². The van der Waals surface area contributed by atoms with Crippen LogP contribution < -0.4 is 25.6 Å². The predicted octanol–water partition coefficient (Wildman–Crippen LogP) is 5.09. The summed E-state index contributed by atoms with van der Waals surface area (Å²) in [5, 5.41) is 8.66. The van der Waals surface area contributed by atoms with Gasteiger partial charge in [-0.25, -0.2) is 4.39 Å². The van der Waals surface area contributed by atoms with Gasteiger partial charge in [0, 0.05) is 54.6 Å². The number of fused-ring (bicyclic) bond motifs is 1. The number of methoxy groups -OCH3 is 1. The molecule has 228 valence electrons. The summed E-state index contributed by atoms with van der Waals surface area (Å²) in [7, 11) is -1.35. The summed E-state index contributed by atoms with van der Waals surface area (Å²) in [6, 6.07) is 8.00. The number of carbonyl (C=O) groups excluding carboxylic acids is 1.